The van der Waals surface area contributed by atoms with Crippen LogP contribution in [0.1, 0.15) is 26.3 Å². The molecule has 0 fully saturated rings. The van der Waals surface area contributed by atoms with E-state index in [-0.39, 0.29) is 5.54 Å². The lowest BCUT2D eigenvalue weighted by atomic mass is 10.1. The monoisotopic (exact) mass is 356 g/mol. The maximum absolute atomic E-state index is 5.60. The highest BCUT2D eigenvalue weighted by Crippen LogP contribution is 2.10. The van der Waals surface area contributed by atoms with Crippen LogP contribution in [0.5, 0.6) is 11.6 Å². The molecule has 0 atom stereocenters. The van der Waals surface area contributed by atoms with Gasteiger partial charge in [0.05, 0.1) is 0 Å². The predicted molar refractivity (Wildman–Crippen MR) is 105 cm³/mol. The number of rotatable bonds is 7. The van der Waals surface area contributed by atoms with Gasteiger partial charge in [0.1, 0.15) is 19.0 Å². The number of aromatic nitrogens is 1. The summed E-state index contributed by atoms with van der Waals surface area (Å²) in [5.74, 6) is 2.18. The van der Waals surface area contributed by atoms with Gasteiger partial charge in [0.15, 0.2) is 5.96 Å². The zero-order chi connectivity index (χ0) is 18.8. The Kier molecular flexibility index (Phi) is 7.26. The van der Waals surface area contributed by atoms with Gasteiger partial charge in [0, 0.05) is 31.4 Å². The Bertz CT molecular complexity index is 679. The van der Waals surface area contributed by atoms with Crippen LogP contribution in [0.15, 0.2) is 53.7 Å². The molecule has 6 heteroatoms. The summed E-state index contributed by atoms with van der Waals surface area (Å²) in [7, 11) is 1.76. The van der Waals surface area contributed by atoms with E-state index in [1.165, 1.54) is 0 Å². The van der Waals surface area contributed by atoms with E-state index in [2.05, 4.69) is 41.4 Å². The minimum absolute atomic E-state index is 0.0421. The number of aliphatic imine (C=N–C) groups is 1. The number of para-hydroxylation sites is 1. The molecule has 0 saturated heterocycles. The molecule has 6 nitrogen and oxygen atoms in total. The highest BCUT2D eigenvalue weighted by atomic mass is 16.5. The van der Waals surface area contributed by atoms with Gasteiger partial charge in [-0.15, -0.1) is 0 Å². The third kappa shape index (κ3) is 7.42. The SMILES string of the molecule is CN=C(NCc1ccc(OCCOc2ccccc2)nc1)NC(C)(C)C. The first-order valence-electron chi connectivity index (χ1n) is 8.71. The lowest BCUT2D eigenvalue weighted by Crippen LogP contribution is -2.47. The van der Waals surface area contributed by atoms with Crippen LogP contribution < -0.4 is 20.1 Å². The van der Waals surface area contributed by atoms with Gasteiger partial charge < -0.3 is 20.1 Å². The van der Waals surface area contributed by atoms with Gasteiger partial charge in [0.2, 0.25) is 5.88 Å². The molecule has 2 aromatic rings. The molecule has 140 valence electrons. The molecule has 2 rings (SSSR count). The minimum Gasteiger partial charge on any atom is -0.490 e. The first kappa shape index (κ1) is 19.6. The standard InChI is InChI=1S/C20H28N4O2/c1-20(2,3)24-19(21-4)23-15-16-10-11-18(22-14-16)26-13-12-25-17-8-6-5-7-9-17/h5-11,14H,12-13,15H2,1-4H3,(H2,21,23,24). The van der Waals surface area contributed by atoms with E-state index in [4.69, 9.17) is 9.47 Å². The van der Waals surface area contributed by atoms with Crippen LogP contribution in [0.25, 0.3) is 0 Å². The van der Waals surface area contributed by atoms with Crippen LogP contribution in [-0.2, 0) is 6.54 Å². The molecule has 0 aliphatic rings. The number of hydrogen-bond donors (Lipinski definition) is 2. The molecule has 0 radical (unpaired) electrons. The average Bonchev–Trinajstić information content (AvgIpc) is 2.63. The second-order valence-electron chi connectivity index (χ2n) is 6.82. The van der Waals surface area contributed by atoms with Gasteiger partial charge in [-0.1, -0.05) is 24.3 Å². The zero-order valence-corrected chi connectivity index (χ0v) is 16.0. The van der Waals surface area contributed by atoms with Crippen molar-refractivity contribution in [3.63, 3.8) is 0 Å². The molecule has 1 aromatic heterocycles. The summed E-state index contributed by atoms with van der Waals surface area (Å²) >= 11 is 0. The van der Waals surface area contributed by atoms with Crippen LogP contribution in [0.2, 0.25) is 0 Å². The fraction of sp³-hybridized carbons (Fsp3) is 0.400. The molecule has 1 aromatic carbocycles. The van der Waals surface area contributed by atoms with Crippen LogP contribution in [0, 0.1) is 0 Å². The van der Waals surface area contributed by atoms with E-state index >= 15 is 0 Å². The summed E-state index contributed by atoms with van der Waals surface area (Å²) in [6.45, 7) is 7.84. The van der Waals surface area contributed by atoms with Crippen LogP contribution in [0.4, 0.5) is 0 Å². The number of benzene rings is 1. The number of nitrogens with one attached hydrogen (secondary N) is 2. The molecular formula is C20H28N4O2. The second-order valence-corrected chi connectivity index (χ2v) is 6.82. The van der Waals surface area contributed by atoms with Crippen molar-refractivity contribution in [2.24, 2.45) is 4.99 Å². The van der Waals surface area contributed by atoms with Gasteiger partial charge in [-0.05, 0) is 38.5 Å². The van der Waals surface area contributed by atoms with Gasteiger partial charge in [-0.25, -0.2) is 4.98 Å². The highest BCUT2D eigenvalue weighted by molar-refractivity contribution is 5.80. The highest BCUT2D eigenvalue weighted by Gasteiger charge is 2.11. The van der Waals surface area contributed by atoms with Crippen LogP contribution >= 0.6 is 0 Å². The average molecular weight is 356 g/mol. The van der Waals surface area contributed by atoms with Gasteiger partial charge in [-0.2, -0.15) is 0 Å². The fourth-order valence-corrected chi connectivity index (χ4v) is 2.14. The van der Waals surface area contributed by atoms with E-state index in [9.17, 15) is 0 Å². The maximum Gasteiger partial charge on any atom is 0.213 e. The van der Waals surface area contributed by atoms with Crippen LogP contribution in [0.3, 0.4) is 0 Å². The molecular weight excluding hydrogens is 328 g/mol. The normalized spacial score (nSPS) is 11.8. The number of ether oxygens (including phenoxy) is 2. The maximum atomic E-state index is 5.60. The fourth-order valence-electron chi connectivity index (χ4n) is 2.14. The lowest BCUT2D eigenvalue weighted by Gasteiger charge is -2.23. The second kappa shape index (κ2) is 9.65. The third-order valence-electron chi connectivity index (χ3n) is 3.32. The van der Waals surface area contributed by atoms with Gasteiger partial charge in [0.25, 0.3) is 0 Å². The zero-order valence-electron chi connectivity index (χ0n) is 16.0. The molecule has 0 amide bonds. The van der Waals surface area contributed by atoms with Gasteiger partial charge >= 0.3 is 0 Å². The Hall–Kier alpha value is -2.76. The van der Waals surface area contributed by atoms with Gasteiger partial charge in [-0.3, -0.25) is 4.99 Å². The Balaban J connectivity index is 1.72. The van der Waals surface area contributed by atoms with Crippen molar-refractivity contribution in [1.82, 2.24) is 15.6 Å². The summed E-state index contributed by atoms with van der Waals surface area (Å²) in [6.07, 6.45) is 1.80. The Morgan fingerprint density at radius 2 is 1.77 bits per heavy atom. The summed E-state index contributed by atoms with van der Waals surface area (Å²) < 4.78 is 11.2. The molecule has 26 heavy (non-hydrogen) atoms. The van der Waals surface area contributed by atoms with Crippen molar-refractivity contribution in [3.8, 4) is 11.6 Å². The Labute approximate surface area is 155 Å². The molecule has 0 bridgehead atoms. The summed E-state index contributed by atoms with van der Waals surface area (Å²) in [5, 5.41) is 6.59. The third-order valence-corrected chi connectivity index (χ3v) is 3.32. The van der Waals surface area contributed by atoms with Crippen molar-refractivity contribution in [1.29, 1.82) is 0 Å². The number of pyridine rings is 1. The van der Waals surface area contributed by atoms with Crippen molar-refractivity contribution in [3.05, 3.63) is 54.2 Å². The van der Waals surface area contributed by atoms with E-state index in [1.807, 2.05) is 42.5 Å². The molecule has 0 spiro atoms. The predicted octanol–water partition coefficient (Wildman–Crippen LogP) is 3.00. The van der Waals surface area contributed by atoms with E-state index < -0.39 is 0 Å². The molecule has 0 saturated carbocycles. The van der Waals surface area contributed by atoms with Crippen molar-refractivity contribution in [2.45, 2.75) is 32.9 Å². The molecule has 0 unspecified atom stereocenters. The number of nitrogens with zero attached hydrogens (tertiary/aromatic N) is 2. The number of guanidine groups is 1. The Morgan fingerprint density at radius 1 is 1.04 bits per heavy atom. The van der Waals surface area contributed by atoms with Crippen molar-refractivity contribution in [2.75, 3.05) is 20.3 Å². The number of hydrogen-bond acceptors (Lipinski definition) is 4. The summed E-state index contributed by atoms with van der Waals surface area (Å²) in [5.41, 5.74) is 1.01. The van der Waals surface area contributed by atoms with E-state index in [1.54, 1.807) is 13.2 Å². The van der Waals surface area contributed by atoms with E-state index in [0.717, 1.165) is 17.3 Å². The molecule has 0 aliphatic carbocycles. The first-order valence-corrected chi connectivity index (χ1v) is 8.71. The van der Waals surface area contributed by atoms with E-state index in [0.29, 0.717) is 25.6 Å². The molecule has 0 aliphatic heterocycles. The lowest BCUT2D eigenvalue weighted by molar-refractivity contribution is 0.212. The summed E-state index contributed by atoms with van der Waals surface area (Å²) in [4.78, 5) is 8.54. The molecule has 1 heterocycles. The minimum atomic E-state index is -0.0421. The first-order chi connectivity index (χ1) is 12.5. The summed E-state index contributed by atoms with van der Waals surface area (Å²) in [6, 6.07) is 13.5. The largest absolute Gasteiger partial charge is 0.490 e. The quantitative estimate of drug-likeness (QED) is 0.453. The van der Waals surface area contributed by atoms with Crippen molar-refractivity contribution < 1.29 is 9.47 Å². The Morgan fingerprint density at radius 3 is 2.38 bits per heavy atom. The van der Waals surface area contributed by atoms with Crippen LogP contribution in [-0.4, -0.2) is 36.7 Å². The van der Waals surface area contributed by atoms with Crippen molar-refractivity contribution >= 4 is 5.96 Å². The topological polar surface area (TPSA) is 67.8 Å². The smallest absolute Gasteiger partial charge is 0.213 e. The molecule has 2 N–H and O–H groups in total.